The molecule has 7 heteroatoms. The van der Waals surface area contributed by atoms with Gasteiger partial charge in [-0.2, -0.15) is 0 Å². The molecule has 3 aromatic carbocycles. The van der Waals surface area contributed by atoms with Gasteiger partial charge in [0.1, 0.15) is 6.04 Å². The van der Waals surface area contributed by atoms with E-state index in [-0.39, 0.29) is 18.2 Å². The number of thiazole rings is 1. The fraction of sp³-hybridized carbons (Fsp3) is 0.192. The third kappa shape index (κ3) is 5.96. The fourth-order valence-corrected chi connectivity index (χ4v) is 4.48. The summed E-state index contributed by atoms with van der Waals surface area (Å²) in [6, 6.07) is 21.2. The summed E-state index contributed by atoms with van der Waals surface area (Å²) in [6.45, 7) is 2.30. The predicted octanol–water partition coefficient (Wildman–Crippen LogP) is 3.77. The molecule has 4 rings (SSSR count). The summed E-state index contributed by atoms with van der Waals surface area (Å²) in [4.78, 5) is 30.9. The minimum atomic E-state index is -0.710. The maximum absolute atomic E-state index is 13.1. The van der Waals surface area contributed by atoms with E-state index in [1.54, 1.807) is 6.20 Å². The monoisotopic (exact) mass is 458 g/mol. The second-order valence-electron chi connectivity index (χ2n) is 8.01. The maximum atomic E-state index is 13.1. The highest BCUT2D eigenvalue weighted by Gasteiger charge is 2.22. The van der Waals surface area contributed by atoms with Crippen molar-refractivity contribution in [2.45, 2.75) is 32.4 Å². The van der Waals surface area contributed by atoms with Gasteiger partial charge in [-0.05, 0) is 28.8 Å². The molecule has 0 bridgehead atoms. The van der Waals surface area contributed by atoms with Gasteiger partial charge in [0.05, 0.1) is 13.0 Å². The molecule has 0 unspecified atom stereocenters. The molecule has 168 valence electrons. The van der Waals surface area contributed by atoms with E-state index in [1.807, 2.05) is 73.7 Å². The summed E-state index contributed by atoms with van der Waals surface area (Å²) in [5.74, 6) is -0.435. The number of rotatable bonds is 8. The van der Waals surface area contributed by atoms with Gasteiger partial charge in [0.25, 0.3) is 0 Å². The Balaban J connectivity index is 1.52. The Kier molecular flexibility index (Phi) is 7.00. The van der Waals surface area contributed by atoms with Gasteiger partial charge in [-0.3, -0.25) is 9.59 Å². The van der Waals surface area contributed by atoms with E-state index in [4.69, 9.17) is 5.73 Å². The number of nitrogen functional groups attached to an aromatic ring is 1. The SMILES string of the molecule is Cc1cccc(CC(=O)N[C@@H](Cc2cccc3ccccc23)C(=O)NCc2cnc(N)s2)c1. The van der Waals surface area contributed by atoms with Crippen molar-refractivity contribution in [3.63, 3.8) is 0 Å². The number of benzene rings is 3. The average Bonchev–Trinajstić information content (AvgIpc) is 3.22. The molecule has 4 N–H and O–H groups in total. The highest BCUT2D eigenvalue weighted by atomic mass is 32.1. The third-order valence-corrected chi connectivity index (χ3v) is 6.24. The molecule has 0 saturated heterocycles. The van der Waals surface area contributed by atoms with Crippen LogP contribution in [-0.2, 0) is 29.0 Å². The van der Waals surface area contributed by atoms with Gasteiger partial charge in [0.2, 0.25) is 11.8 Å². The van der Waals surface area contributed by atoms with Crippen LogP contribution in [0, 0.1) is 6.92 Å². The van der Waals surface area contributed by atoms with Crippen LogP contribution in [0.3, 0.4) is 0 Å². The summed E-state index contributed by atoms with van der Waals surface area (Å²) in [5.41, 5.74) is 8.70. The lowest BCUT2D eigenvalue weighted by Crippen LogP contribution is -2.48. The number of nitrogens with two attached hydrogens (primary N) is 1. The molecule has 2 amide bonds. The minimum Gasteiger partial charge on any atom is -0.375 e. The molecule has 0 aliphatic carbocycles. The van der Waals surface area contributed by atoms with E-state index < -0.39 is 6.04 Å². The molecular weight excluding hydrogens is 432 g/mol. The van der Waals surface area contributed by atoms with Gasteiger partial charge in [-0.1, -0.05) is 72.3 Å². The lowest BCUT2D eigenvalue weighted by molar-refractivity contribution is -0.128. The first kappa shape index (κ1) is 22.5. The van der Waals surface area contributed by atoms with Crippen LogP contribution >= 0.6 is 11.3 Å². The summed E-state index contributed by atoms with van der Waals surface area (Å²) in [7, 11) is 0. The van der Waals surface area contributed by atoms with E-state index in [9.17, 15) is 9.59 Å². The topological polar surface area (TPSA) is 97.1 Å². The number of nitrogens with zero attached hydrogens (tertiary/aromatic N) is 1. The number of amides is 2. The van der Waals surface area contributed by atoms with Crippen molar-refractivity contribution in [3.8, 4) is 0 Å². The quantitative estimate of drug-likeness (QED) is 0.374. The van der Waals surface area contributed by atoms with Gasteiger partial charge < -0.3 is 16.4 Å². The van der Waals surface area contributed by atoms with E-state index in [2.05, 4.69) is 15.6 Å². The normalized spacial score (nSPS) is 11.8. The van der Waals surface area contributed by atoms with Crippen molar-refractivity contribution < 1.29 is 9.59 Å². The van der Waals surface area contributed by atoms with Gasteiger partial charge in [0.15, 0.2) is 5.13 Å². The average molecular weight is 459 g/mol. The zero-order valence-electron chi connectivity index (χ0n) is 18.4. The Morgan fingerprint density at radius 3 is 2.64 bits per heavy atom. The second-order valence-corrected chi connectivity index (χ2v) is 9.16. The van der Waals surface area contributed by atoms with E-state index in [1.165, 1.54) is 11.3 Å². The largest absolute Gasteiger partial charge is 0.375 e. The molecule has 0 aliphatic rings. The van der Waals surface area contributed by atoms with Gasteiger partial charge in [-0.15, -0.1) is 11.3 Å². The van der Waals surface area contributed by atoms with Crippen LogP contribution < -0.4 is 16.4 Å². The molecule has 0 fully saturated rings. The fourth-order valence-electron chi connectivity index (χ4n) is 3.85. The number of nitrogens with one attached hydrogen (secondary N) is 2. The number of aryl methyl sites for hydroxylation is 1. The van der Waals surface area contributed by atoms with E-state index in [0.29, 0.717) is 18.1 Å². The van der Waals surface area contributed by atoms with Crippen LogP contribution in [0.1, 0.15) is 21.6 Å². The number of anilines is 1. The van der Waals surface area contributed by atoms with Crippen molar-refractivity contribution in [1.29, 1.82) is 0 Å². The van der Waals surface area contributed by atoms with Crippen molar-refractivity contribution in [3.05, 3.63) is 94.5 Å². The van der Waals surface area contributed by atoms with Crippen LogP contribution in [0.4, 0.5) is 5.13 Å². The van der Waals surface area contributed by atoms with Crippen LogP contribution in [0.15, 0.2) is 72.9 Å². The standard InChI is InChI=1S/C26H26N4O2S/c1-17-6-4-7-18(12-17)13-24(31)30-23(25(32)28-15-21-16-29-26(27)33-21)14-20-10-5-9-19-8-2-3-11-22(19)20/h2-12,16,23H,13-15H2,1H3,(H2,27,29)(H,28,32)(H,30,31)/t23-/m0/s1. The van der Waals surface area contributed by atoms with E-state index >= 15 is 0 Å². The number of hydrogen-bond donors (Lipinski definition) is 3. The van der Waals surface area contributed by atoms with Crippen molar-refractivity contribution in [2.75, 3.05) is 5.73 Å². The van der Waals surface area contributed by atoms with E-state index in [0.717, 1.165) is 32.3 Å². The minimum absolute atomic E-state index is 0.192. The molecule has 0 aliphatic heterocycles. The molecule has 1 atom stereocenters. The number of carbonyl (C=O) groups is 2. The molecule has 6 nitrogen and oxygen atoms in total. The predicted molar refractivity (Wildman–Crippen MR) is 133 cm³/mol. The highest BCUT2D eigenvalue weighted by Crippen LogP contribution is 2.20. The van der Waals surface area contributed by atoms with Gasteiger partial charge in [0, 0.05) is 17.5 Å². The zero-order chi connectivity index (χ0) is 23.2. The Morgan fingerprint density at radius 1 is 1.06 bits per heavy atom. The first-order chi connectivity index (χ1) is 16.0. The molecule has 4 aromatic rings. The van der Waals surface area contributed by atoms with Crippen LogP contribution in [-0.4, -0.2) is 22.8 Å². The van der Waals surface area contributed by atoms with Gasteiger partial charge >= 0.3 is 0 Å². The number of aromatic nitrogens is 1. The first-order valence-electron chi connectivity index (χ1n) is 10.8. The molecule has 0 spiro atoms. The molecule has 1 aromatic heterocycles. The zero-order valence-corrected chi connectivity index (χ0v) is 19.2. The molecule has 0 radical (unpaired) electrons. The number of carbonyl (C=O) groups excluding carboxylic acids is 2. The Morgan fingerprint density at radius 2 is 1.85 bits per heavy atom. The maximum Gasteiger partial charge on any atom is 0.243 e. The lowest BCUT2D eigenvalue weighted by Gasteiger charge is -2.19. The van der Waals surface area contributed by atoms with Crippen molar-refractivity contribution >= 4 is 39.1 Å². The molecular formula is C26H26N4O2S. The Bertz CT molecular complexity index is 1280. The summed E-state index contributed by atoms with van der Waals surface area (Å²) in [5, 5.41) is 8.50. The van der Waals surface area contributed by atoms with Crippen molar-refractivity contribution in [2.24, 2.45) is 0 Å². The second kappa shape index (κ2) is 10.3. The number of hydrogen-bond acceptors (Lipinski definition) is 5. The van der Waals surface area contributed by atoms with Crippen LogP contribution in [0.2, 0.25) is 0 Å². The third-order valence-electron chi connectivity index (χ3n) is 5.41. The van der Waals surface area contributed by atoms with Crippen molar-refractivity contribution in [1.82, 2.24) is 15.6 Å². The molecule has 1 heterocycles. The molecule has 0 saturated carbocycles. The summed E-state index contributed by atoms with van der Waals surface area (Å²) >= 11 is 1.33. The highest BCUT2D eigenvalue weighted by molar-refractivity contribution is 7.15. The summed E-state index contributed by atoms with van der Waals surface area (Å²) < 4.78 is 0. The Hall–Kier alpha value is -3.71. The molecule has 33 heavy (non-hydrogen) atoms. The lowest BCUT2D eigenvalue weighted by atomic mass is 9.98. The first-order valence-corrected chi connectivity index (χ1v) is 11.6. The number of fused-ring (bicyclic) bond motifs is 1. The van der Waals surface area contributed by atoms with Crippen LogP contribution in [0.25, 0.3) is 10.8 Å². The Labute approximate surface area is 196 Å². The smallest absolute Gasteiger partial charge is 0.243 e. The van der Waals surface area contributed by atoms with Crippen LogP contribution in [0.5, 0.6) is 0 Å². The van der Waals surface area contributed by atoms with Gasteiger partial charge in [-0.25, -0.2) is 4.98 Å². The summed E-state index contributed by atoms with van der Waals surface area (Å²) in [6.07, 6.45) is 2.25.